The lowest BCUT2D eigenvalue weighted by atomic mass is 10.3. The number of nitrogens with zero attached hydrogens (tertiary/aromatic N) is 2. The number of nitrogens with one attached hydrogen (secondary N) is 1. The SMILES string of the molecule is CCc1ccc(CNc2ccn(C(C)C)n2)s1. The fourth-order valence-corrected chi connectivity index (χ4v) is 2.50. The molecule has 2 heterocycles. The van der Waals surface area contributed by atoms with E-state index in [1.807, 2.05) is 28.3 Å². The van der Waals surface area contributed by atoms with Crippen molar-refractivity contribution in [1.29, 1.82) is 0 Å². The van der Waals surface area contributed by atoms with E-state index in [0.29, 0.717) is 6.04 Å². The molecule has 0 amide bonds. The Balaban J connectivity index is 1.92. The van der Waals surface area contributed by atoms with E-state index < -0.39 is 0 Å². The first-order valence-electron chi connectivity index (χ1n) is 6.05. The minimum Gasteiger partial charge on any atom is -0.364 e. The summed E-state index contributed by atoms with van der Waals surface area (Å²) >= 11 is 1.87. The standard InChI is InChI=1S/C13H19N3S/c1-4-11-5-6-12(17-11)9-14-13-7-8-16(15-13)10(2)3/h5-8,10H,4,9H2,1-3H3,(H,14,15). The van der Waals surface area contributed by atoms with Gasteiger partial charge < -0.3 is 5.32 Å². The quantitative estimate of drug-likeness (QED) is 0.875. The van der Waals surface area contributed by atoms with Crippen molar-refractivity contribution in [2.45, 2.75) is 39.8 Å². The topological polar surface area (TPSA) is 29.9 Å². The van der Waals surface area contributed by atoms with Gasteiger partial charge in [0.05, 0.1) is 6.54 Å². The molecule has 17 heavy (non-hydrogen) atoms. The fraction of sp³-hybridized carbons (Fsp3) is 0.462. The van der Waals surface area contributed by atoms with Crippen LogP contribution in [-0.4, -0.2) is 9.78 Å². The molecule has 0 radical (unpaired) electrons. The first-order valence-corrected chi connectivity index (χ1v) is 6.87. The summed E-state index contributed by atoms with van der Waals surface area (Å²) in [6.45, 7) is 7.31. The third kappa shape index (κ3) is 3.09. The molecule has 0 aromatic carbocycles. The maximum Gasteiger partial charge on any atom is 0.148 e. The predicted molar refractivity (Wildman–Crippen MR) is 73.6 cm³/mol. The van der Waals surface area contributed by atoms with Crippen LogP contribution >= 0.6 is 11.3 Å². The molecule has 0 bridgehead atoms. The summed E-state index contributed by atoms with van der Waals surface area (Å²) in [5.41, 5.74) is 0. The molecule has 0 atom stereocenters. The highest BCUT2D eigenvalue weighted by atomic mass is 32.1. The average Bonchev–Trinajstić information content (AvgIpc) is 2.95. The van der Waals surface area contributed by atoms with Crippen LogP contribution < -0.4 is 5.32 Å². The molecule has 1 N–H and O–H groups in total. The van der Waals surface area contributed by atoms with E-state index in [9.17, 15) is 0 Å². The van der Waals surface area contributed by atoms with Crippen LogP contribution in [-0.2, 0) is 13.0 Å². The molecule has 0 saturated carbocycles. The van der Waals surface area contributed by atoms with Gasteiger partial charge in [-0.3, -0.25) is 4.68 Å². The lowest BCUT2D eigenvalue weighted by Crippen LogP contribution is -2.03. The minimum absolute atomic E-state index is 0.416. The Bertz CT molecular complexity index is 470. The molecule has 2 aromatic heterocycles. The number of hydrogen-bond donors (Lipinski definition) is 1. The summed E-state index contributed by atoms with van der Waals surface area (Å²) in [5, 5.41) is 7.81. The molecule has 0 unspecified atom stereocenters. The highest BCUT2D eigenvalue weighted by Crippen LogP contribution is 2.18. The van der Waals surface area contributed by atoms with Crippen LogP contribution in [0.25, 0.3) is 0 Å². The molecular formula is C13H19N3S. The van der Waals surface area contributed by atoms with Crippen LogP contribution in [0, 0.1) is 0 Å². The highest BCUT2D eigenvalue weighted by Gasteiger charge is 2.02. The molecule has 92 valence electrons. The Morgan fingerprint density at radius 3 is 2.65 bits per heavy atom. The molecule has 3 nitrogen and oxygen atoms in total. The lowest BCUT2D eigenvalue weighted by molar-refractivity contribution is 0.534. The third-order valence-corrected chi connectivity index (χ3v) is 3.88. The first-order chi connectivity index (χ1) is 8.19. The first kappa shape index (κ1) is 12.2. The molecule has 0 spiro atoms. The van der Waals surface area contributed by atoms with Gasteiger partial charge in [-0.05, 0) is 32.4 Å². The summed E-state index contributed by atoms with van der Waals surface area (Å²) in [5.74, 6) is 0.949. The number of aryl methyl sites for hydroxylation is 1. The highest BCUT2D eigenvalue weighted by molar-refractivity contribution is 7.12. The summed E-state index contributed by atoms with van der Waals surface area (Å²) in [7, 11) is 0. The Kier molecular flexibility index (Phi) is 3.84. The maximum absolute atomic E-state index is 4.46. The molecule has 0 saturated heterocycles. The molecule has 2 aromatic rings. The van der Waals surface area contributed by atoms with Crippen molar-refractivity contribution in [1.82, 2.24) is 9.78 Å². The normalized spacial score (nSPS) is 11.1. The molecule has 0 aliphatic carbocycles. The number of anilines is 1. The molecule has 0 aliphatic rings. The van der Waals surface area contributed by atoms with Crippen molar-refractivity contribution >= 4 is 17.2 Å². The third-order valence-electron chi connectivity index (χ3n) is 2.65. The van der Waals surface area contributed by atoms with Gasteiger partial charge in [0.2, 0.25) is 0 Å². The van der Waals surface area contributed by atoms with Crippen LogP contribution in [0.1, 0.15) is 36.6 Å². The van der Waals surface area contributed by atoms with Gasteiger partial charge in [-0.25, -0.2) is 0 Å². The summed E-state index contributed by atoms with van der Waals surface area (Å²) in [4.78, 5) is 2.80. The Morgan fingerprint density at radius 1 is 1.29 bits per heavy atom. The maximum atomic E-state index is 4.46. The Hall–Kier alpha value is -1.29. The van der Waals surface area contributed by atoms with Gasteiger partial charge in [-0.2, -0.15) is 5.10 Å². The summed E-state index contributed by atoms with van der Waals surface area (Å²) in [6.07, 6.45) is 3.13. The second kappa shape index (κ2) is 5.36. The van der Waals surface area contributed by atoms with Gasteiger partial charge in [0, 0.05) is 28.1 Å². The van der Waals surface area contributed by atoms with Crippen LogP contribution in [0.15, 0.2) is 24.4 Å². The Labute approximate surface area is 106 Å². The number of aromatic nitrogens is 2. The summed E-state index contributed by atoms with van der Waals surface area (Å²) in [6, 6.07) is 6.83. The van der Waals surface area contributed by atoms with E-state index >= 15 is 0 Å². The van der Waals surface area contributed by atoms with Gasteiger partial charge in [0.1, 0.15) is 5.82 Å². The molecule has 2 rings (SSSR count). The molecule has 0 fully saturated rings. The Morgan fingerprint density at radius 2 is 2.06 bits per heavy atom. The average molecular weight is 249 g/mol. The molecular weight excluding hydrogens is 230 g/mol. The second-order valence-electron chi connectivity index (χ2n) is 4.35. The van der Waals surface area contributed by atoms with E-state index in [0.717, 1.165) is 18.8 Å². The zero-order valence-electron chi connectivity index (χ0n) is 10.6. The lowest BCUT2D eigenvalue weighted by Gasteiger charge is -2.04. The van der Waals surface area contributed by atoms with Crippen molar-refractivity contribution in [2.75, 3.05) is 5.32 Å². The number of thiophene rings is 1. The van der Waals surface area contributed by atoms with Crippen LogP contribution in [0.3, 0.4) is 0 Å². The predicted octanol–water partition coefficient (Wildman–Crippen LogP) is 3.70. The second-order valence-corrected chi connectivity index (χ2v) is 5.60. The fourth-order valence-electron chi connectivity index (χ4n) is 1.60. The van der Waals surface area contributed by atoms with E-state index in [-0.39, 0.29) is 0 Å². The zero-order chi connectivity index (χ0) is 12.3. The van der Waals surface area contributed by atoms with Crippen LogP contribution in [0.2, 0.25) is 0 Å². The van der Waals surface area contributed by atoms with Gasteiger partial charge in [0.15, 0.2) is 0 Å². The van der Waals surface area contributed by atoms with Crippen molar-refractivity contribution in [3.05, 3.63) is 34.2 Å². The molecule has 0 aliphatic heterocycles. The monoisotopic (exact) mass is 249 g/mol. The van der Waals surface area contributed by atoms with E-state index in [2.05, 4.69) is 43.3 Å². The van der Waals surface area contributed by atoms with Gasteiger partial charge in [0.25, 0.3) is 0 Å². The van der Waals surface area contributed by atoms with E-state index in [1.54, 1.807) is 0 Å². The van der Waals surface area contributed by atoms with Crippen molar-refractivity contribution in [3.63, 3.8) is 0 Å². The van der Waals surface area contributed by atoms with Gasteiger partial charge in [-0.1, -0.05) is 6.92 Å². The van der Waals surface area contributed by atoms with E-state index in [4.69, 9.17) is 0 Å². The van der Waals surface area contributed by atoms with Crippen LogP contribution in [0.5, 0.6) is 0 Å². The van der Waals surface area contributed by atoms with Gasteiger partial charge >= 0.3 is 0 Å². The largest absolute Gasteiger partial charge is 0.364 e. The zero-order valence-corrected chi connectivity index (χ0v) is 11.4. The number of rotatable bonds is 5. The van der Waals surface area contributed by atoms with Crippen molar-refractivity contribution < 1.29 is 0 Å². The van der Waals surface area contributed by atoms with E-state index in [1.165, 1.54) is 9.75 Å². The molecule has 4 heteroatoms. The summed E-state index contributed by atoms with van der Waals surface area (Å²) < 4.78 is 1.97. The van der Waals surface area contributed by atoms with Crippen molar-refractivity contribution in [3.8, 4) is 0 Å². The minimum atomic E-state index is 0.416. The van der Waals surface area contributed by atoms with Crippen molar-refractivity contribution in [2.24, 2.45) is 0 Å². The number of hydrogen-bond acceptors (Lipinski definition) is 3. The van der Waals surface area contributed by atoms with Crippen LogP contribution in [0.4, 0.5) is 5.82 Å². The van der Waals surface area contributed by atoms with Gasteiger partial charge in [-0.15, -0.1) is 11.3 Å². The smallest absolute Gasteiger partial charge is 0.148 e.